The van der Waals surface area contributed by atoms with E-state index in [9.17, 15) is 4.79 Å². The van der Waals surface area contributed by atoms with Gasteiger partial charge in [-0.3, -0.25) is 0 Å². The Morgan fingerprint density at radius 2 is 2.00 bits per heavy atom. The molecule has 0 radical (unpaired) electrons. The maximum absolute atomic E-state index is 11.8. The molecule has 0 unspecified atom stereocenters. The summed E-state index contributed by atoms with van der Waals surface area (Å²) in [6, 6.07) is 6.82. The van der Waals surface area contributed by atoms with Gasteiger partial charge in [-0.2, -0.15) is 0 Å². The van der Waals surface area contributed by atoms with Gasteiger partial charge in [-0.1, -0.05) is 18.0 Å². The molecule has 2 amide bonds. The van der Waals surface area contributed by atoms with E-state index in [-0.39, 0.29) is 6.03 Å². The van der Waals surface area contributed by atoms with Gasteiger partial charge in [0.2, 0.25) is 0 Å². The molecule has 24 heavy (non-hydrogen) atoms. The summed E-state index contributed by atoms with van der Waals surface area (Å²) < 4.78 is 2.25. The van der Waals surface area contributed by atoms with E-state index >= 15 is 0 Å². The van der Waals surface area contributed by atoms with Crippen molar-refractivity contribution in [1.82, 2.24) is 20.1 Å². The van der Waals surface area contributed by atoms with Gasteiger partial charge >= 0.3 is 6.03 Å². The van der Waals surface area contributed by atoms with E-state index < -0.39 is 0 Å². The predicted molar refractivity (Wildman–Crippen MR) is 94.4 cm³/mol. The number of carbonyl (C=O) groups excluding carboxylic acids is 1. The van der Waals surface area contributed by atoms with Gasteiger partial charge in [0.1, 0.15) is 11.6 Å². The molecule has 1 aromatic heterocycles. The van der Waals surface area contributed by atoms with Crippen molar-refractivity contribution in [3.8, 4) is 0 Å². The van der Waals surface area contributed by atoms with Crippen molar-refractivity contribution in [2.75, 3.05) is 11.9 Å². The number of halogens is 1. The van der Waals surface area contributed by atoms with Crippen LogP contribution in [-0.4, -0.2) is 27.3 Å². The molecule has 2 heterocycles. The van der Waals surface area contributed by atoms with Crippen LogP contribution in [0.15, 0.2) is 24.3 Å². The first-order valence-corrected chi connectivity index (χ1v) is 8.81. The average Bonchev–Trinajstić information content (AvgIpc) is 2.80. The Morgan fingerprint density at radius 3 is 2.83 bits per heavy atom. The summed E-state index contributed by atoms with van der Waals surface area (Å²) in [5, 5.41) is 14.9. The number of amides is 2. The van der Waals surface area contributed by atoms with Crippen LogP contribution in [0.2, 0.25) is 5.02 Å². The van der Waals surface area contributed by atoms with Gasteiger partial charge in [0.25, 0.3) is 0 Å². The number of anilines is 1. The zero-order valence-corrected chi connectivity index (χ0v) is 14.4. The van der Waals surface area contributed by atoms with Crippen LogP contribution in [0.3, 0.4) is 0 Å². The van der Waals surface area contributed by atoms with Crippen molar-refractivity contribution in [2.45, 2.75) is 45.1 Å². The Hall–Kier alpha value is -2.08. The number of fused-ring (bicyclic) bond motifs is 1. The molecule has 1 aromatic carbocycles. The third kappa shape index (κ3) is 4.47. The molecule has 2 N–H and O–H groups in total. The van der Waals surface area contributed by atoms with Crippen LogP contribution in [0.1, 0.15) is 37.3 Å². The Labute approximate surface area is 146 Å². The maximum atomic E-state index is 11.8. The molecule has 2 aromatic rings. The maximum Gasteiger partial charge on any atom is 0.319 e. The lowest BCUT2D eigenvalue weighted by atomic mass is 10.2. The largest absolute Gasteiger partial charge is 0.338 e. The van der Waals surface area contributed by atoms with E-state index in [1.165, 1.54) is 19.3 Å². The van der Waals surface area contributed by atoms with Gasteiger partial charge in [-0.15, -0.1) is 10.2 Å². The highest BCUT2D eigenvalue weighted by atomic mass is 35.5. The highest BCUT2D eigenvalue weighted by Crippen LogP contribution is 2.15. The fraction of sp³-hybridized carbons (Fsp3) is 0.471. The van der Waals surface area contributed by atoms with E-state index in [0.29, 0.717) is 11.6 Å². The summed E-state index contributed by atoms with van der Waals surface area (Å²) in [5.74, 6) is 2.14. The third-order valence-corrected chi connectivity index (χ3v) is 4.40. The molecule has 6 nitrogen and oxygen atoms in total. The SMILES string of the molecule is O=C(NCCCc1nnc2n1CCCCC2)Nc1ccc(Cl)cc1. The van der Waals surface area contributed by atoms with Crippen LogP contribution in [-0.2, 0) is 19.4 Å². The van der Waals surface area contributed by atoms with E-state index in [0.717, 1.165) is 43.1 Å². The lowest BCUT2D eigenvalue weighted by Crippen LogP contribution is -2.29. The molecule has 0 atom stereocenters. The number of urea groups is 1. The van der Waals surface area contributed by atoms with Crippen molar-refractivity contribution >= 4 is 23.3 Å². The number of carbonyl (C=O) groups is 1. The Morgan fingerprint density at radius 1 is 1.17 bits per heavy atom. The molecule has 1 aliphatic rings. The van der Waals surface area contributed by atoms with Crippen LogP contribution in [0, 0.1) is 0 Å². The minimum atomic E-state index is -0.211. The molecule has 3 rings (SSSR count). The van der Waals surface area contributed by atoms with Crippen LogP contribution >= 0.6 is 11.6 Å². The number of nitrogens with one attached hydrogen (secondary N) is 2. The summed E-state index contributed by atoms with van der Waals surface area (Å²) in [6.07, 6.45) is 6.34. The molecule has 0 aliphatic carbocycles. The lowest BCUT2D eigenvalue weighted by Gasteiger charge is -2.09. The molecule has 7 heteroatoms. The van der Waals surface area contributed by atoms with Crippen molar-refractivity contribution in [1.29, 1.82) is 0 Å². The fourth-order valence-corrected chi connectivity index (χ4v) is 3.01. The van der Waals surface area contributed by atoms with Gasteiger partial charge in [0.15, 0.2) is 0 Å². The standard InChI is InChI=1S/C17H22ClN5O/c18-13-7-9-14(10-8-13)20-17(24)19-11-4-6-16-22-21-15-5-2-1-3-12-23(15)16/h7-10H,1-6,11-12H2,(H2,19,20,24). The van der Waals surface area contributed by atoms with Gasteiger partial charge in [-0.25, -0.2) is 4.79 Å². The normalized spacial score (nSPS) is 13.9. The molecular formula is C17H22ClN5O. The fourth-order valence-electron chi connectivity index (χ4n) is 2.89. The summed E-state index contributed by atoms with van der Waals surface area (Å²) >= 11 is 5.82. The summed E-state index contributed by atoms with van der Waals surface area (Å²) in [6.45, 7) is 1.61. The molecule has 0 fully saturated rings. The second-order valence-corrected chi connectivity index (χ2v) is 6.42. The first kappa shape index (κ1) is 16.8. The number of aryl methyl sites for hydroxylation is 2. The number of rotatable bonds is 5. The first-order valence-electron chi connectivity index (χ1n) is 8.44. The Balaban J connectivity index is 1.41. The smallest absolute Gasteiger partial charge is 0.319 e. The first-order chi connectivity index (χ1) is 11.7. The quantitative estimate of drug-likeness (QED) is 0.814. The van der Waals surface area contributed by atoms with Crippen LogP contribution < -0.4 is 10.6 Å². The topological polar surface area (TPSA) is 71.8 Å². The molecule has 0 saturated heterocycles. The van der Waals surface area contributed by atoms with E-state index in [1.54, 1.807) is 24.3 Å². The number of nitrogens with zero attached hydrogens (tertiary/aromatic N) is 3. The third-order valence-electron chi connectivity index (χ3n) is 4.15. The Kier molecular flexibility index (Phi) is 5.69. The van der Waals surface area contributed by atoms with E-state index in [1.807, 2.05) is 0 Å². The zero-order chi connectivity index (χ0) is 16.8. The second-order valence-electron chi connectivity index (χ2n) is 5.99. The Bertz CT molecular complexity index is 683. The average molecular weight is 348 g/mol. The number of hydrogen-bond acceptors (Lipinski definition) is 3. The van der Waals surface area contributed by atoms with Crippen molar-refractivity contribution in [2.24, 2.45) is 0 Å². The minimum Gasteiger partial charge on any atom is -0.338 e. The number of benzene rings is 1. The summed E-state index contributed by atoms with van der Waals surface area (Å²) in [7, 11) is 0. The monoisotopic (exact) mass is 347 g/mol. The summed E-state index contributed by atoms with van der Waals surface area (Å²) in [4.78, 5) is 11.8. The lowest BCUT2D eigenvalue weighted by molar-refractivity contribution is 0.252. The highest BCUT2D eigenvalue weighted by molar-refractivity contribution is 6.30. The summed E-state index contributed by atoms with van der Waals surface area (Å²) in [5.41, 5.74) is 0.722. The highest BCUT2D eigenvalue weighted by Gasteiger charge is 2.14. The van der Waals surface area contributed by atoms with Gasteiger partial charge < -0.3 is 15.2 Å². The molecule has 1 aliphatic heterocycles. The molecule has 0 bridgehead atoms. The van der Waals surface area contributed by atoms with Gasteiger partial charge in [0.05, 0.1) is 0 Å². The van der Waals surface area contributed by atoms with Crippen LogP contribution in [0.25, 0.3) is 0 Å². The van der Waals surface area contributed by atoms with Gasteiger partial charge in [0, 0.05) is 36.6 Å². The van der Waals surface area contributed by atoms with E-state index in [2.05, 4.69) is 25.4 Å². The second kappa shape index (κ2) is 8.15. The van der Waals surface area contributed by atoms with Crippen LogP contribution in [0.5, 0.6) is 0 Å². The van der Waals surface area contributed by atoms with Crippen molar-refractivity contribution in [3.05, 3.63) is 40.9 Å². The van der Waals surface area contributed by atoms with Crippen LogP contribution in [0.4, 0.5) is 10.5 Å². The molecule has 0 spiro atoms. The zero-order valence-electron chi connectivity index (χ0n) is 13.6. The molecule has 0 saturated carbocycles. The van der Waals surface area contributed by atoms with Crippen molar-refractivity contribution < 1.29 is 4.79 Å². The molecular weight excluding hydrogens is 326 g/mol. The number of aromatic nitrogens is 3. The predicted octanol–water partition coefficient (Wildman–Crippen LogP) is 3.41. The number of hydrogen-bond donors (Lipinski definition) is 2. The van der Waals surface area contributed by atoms with Crippen molar-refractivity contribution in [3.63, 3.8) is 0 Å². The minimum absolute atomic E-state index is 0.211. The van der Waals surface area contributed by atoms with E-state index in [4.69, 9.17) is 11.6 Å². The molecule has 128 valence electrons. The van der Waals surface area contributed by atoms with Gasteiger partial charge in [-0.05, 0) is 43.5 Å².